The average Bonchev–Trinajstić information content (AvgIpc) is 2.81. The average molecular weight is 273 g/mol. The third-order valence-corrected chi connectivity index (χ3v) is 4.81. The van der Waals surface area contributed by atoms with Gasteiger partial charge in [-0.3, -0.25) is 4.79 Å². The van der Waals surface area contributed by atoms with E-state index in [4.69, 9.17) is 4.74 Å². The summed E-state index contributed by atoms with van der Waals surface area (Å²) in [6.07, 6.45) is 8.96. The highest BCUT2D eigenvalue weighted by atomic mass is 16.5. The van der Waals surface area contributed by atoms with Crippen LogP contribution in [0.25, 0.3) is 0 Å². The van der Waals surface area contributed by atoms with Gasteiger partial charge < -0.3 is 10.1 Å². The number of hydrogen-bond donors (Lipinski definition) is 1. The zero-order valence-electron chi connectivity index (χ0n) is 12.2. The predicted molar refractivity (Wildman–Crippen MR) is 80.2 cm³/mol. The minimum atomic E-state index is 0.0158. The number of para-hydroxylation sites is 1. The van der Waals surface area contributed by atoms with Crippen LogP contribution in [0.5, 0.6) is 5.75 Å². The van der Waals surface area contributed by atoms with Crippen LogP contribution in [0.4, 0.5) is 5.69 Å². The highest BCUT2D eigenvalue weighted by molar-refractivity contribution is 6.04. The fourth-order valence-electron chi connectivity index (χ4n) is 3.66. The lowest BCUT2D eigenvalue weighted by Gasteiger charge is -2.22. The van der Waals surface area contributed by atoms with Gasteiger partial charge in [0.1, 0.15) is 5.75 Å². The molecule has 1 amide bonds. The van der Waals surface area contributed by atoms with E-state index in [1.54, 1.807) is 7.11 Å². The molecule has 1 fully saturated rings. The van der Waals surface area contributed by atoms with Crippen LogP contribution < -0.4 is 10.1 Å². The van der Waals surface area contributed by atoms with E-state index in [0.29, 0.717) is 0 Å². The van der Waals surface area contributed by atoms with Gasteiger partial charge in [0.05, 0.1) is 18.7 Å². The standard InChI is InChI=1S/C17H23NO2/c1-20-15-9-5-8-13-14(17(19)18-16(13)15)11-10-12-6-3-2-4-7-12/h5,8-9,12,14H,2-4,6-7,10-11H2,1H3,(H,18,19). The van der Waals surface area contributed by atoms with Crippen molar-refractivity contribution < 1.29 is 9.53 Å². The van der Waals surface area contributed by atoms with Gasteiger partial charge in [-0.25, -0.2) is 0 Å². The molecule has 3 heteroatoms. The van der Waals surface area contributed by atoms with Gasteiger partial charge in [0, 0.05) is 0 Å². The smallest absolute Gasteiger partial charge is 0.232 e. The Bertz CT molecular complexity index is 492. The molecule has 1 aromatic rings. The normalized spacial score (nSPS) is 22.4. The lowest BCUT2D eigenvalue weighted by atomic mass is 9.83. The number of rotatable bonds is 4. The fourth-order valence-corrected chi connectivity index (χ4v) is 3.66. The zero-order valence-corrected chi connectivity index (χ0v) is 12.2. The topological polar surface area (TPSA) is 38.3 Å². The molecule has 0 saturated heterocycles. The minimum absolute atomic E-state index is 0.0158. The molecule has 3 rings (SSSR count). The van der Waals surface area contributed by atoms with Crippen LogP contribution in [0.15, 0.2) is 18.2 Å². The number of ether oxygens (including phenoxy) is 1. The van der Waals surface area contributed by atoms with Crippen LogP contribution in [-0.2, 0) is 4.79 Å². The molecule has 1 unspecified atom stereocenters. The van der Waals surface area contributed by atoms with E-state index < -0.39 is 0 Å². The summed E-state index contributed by atoms with van der Waals surface area (Å²) in [7, 11) is 1.65. The second kappa shape index (κ2) is 5.86. The molecule has 1 heterocycles. The van der Waals surface area contributed by atoms with Crippen molar-refractivity contribution in [3.63, 3.8) is 0 Å². The Hall–Kier alpha value is -1.51. The van der Waals surface area contributed by atoms with E-state index in [-0.39, 0.29) is 11.8 Å². The number of fused-ring (bicyclic) bond motifs is 1. The number of benzene rings is 1. The molecular weight excluding hydrogens is 250 g/mol. The summed E-state index contributed by atoms with van der Waals surface area (Å²) in [5.41, 5.74) is 2.00. The SMILES string of the molecule is COc1cccc2c1NC(=O)C2CCC1CCCCC1. The first-order valence-corrected chi connectivity index (χ1v) is 7.77. The maximum Gasteiger partial charge on any atom is 0.232 e. The van der Waals surface area contributed by atoms with Gasteiger partial charge in [-0.15, -0.1) is 0 Å². The van der Waals surface area contributed by atoms with Gasteiger partial charge in [-0.05, 0) is 30.4 Å². The number of carbonyl (C=O) groups excluding carboxylic acids is 1. The number of anilines is 1. The Morgan fingerprint density at radius 2 is 2.00 bits per heavy atom. The van der Waals surface area contributed by atoms with Crippen LogP contribution in [0.2, 0.25) is 0 Å². The molecule has 2 aliphatic rings. The summed E-state index contributed by atoms with van der Waals surface area (Å²) < 4.78 is 5.33. The molecular formula is C17H23NO2. The maximum absolute atomic E-state index is 12.2. The van der Waals surface area contributed by atoms with Gasteiger partial charge >= 0.3 is 0 Å². The van der Waals surface area contributed by atoms with Crippen LogP contribution in [0.3, 0.4) is 0 Å². The predicted octanol–water partition coefficient (Wildman–Crippen LogP) is 4.09. The largest absolute Gasteiger partial charge is 0.495 e. The van der Waals surface area contributed by atoms with E-state index in [0.717, 1.165) is 29.3 Å². The number of nitrogens with one attached hydrogen (secondary N) is 1. The van der Waals surface area contributed by atoms with Crippen molar-refractivity contribution in [2.45, 2.75) is 50.9 Å². The van der Waals surface area contributed by atoms with Gasteiger partial charge in [0.25, 0.3) is 0 Å². The van der Waals surface area contributed by atoms with Gasteiger partial charge in [0.15, 0.2) is 0 Å². The zero-order chi connectivity index (χ0) is 13.9. The van der Waals surface area contributed by atoms with Crippen molar-refractivity contribution in [3.05, 3.63) is 23.8 Å². The Labute approximate surface area is 120 Å². The Morgan fingerprint density at radius 3 is 2.75 bits per heavy atom. The van der Waals surface area contributed by atoms with Crippen molar-refractivity contribution in [1.29, 1.82) is 0 Å². The van der Waals surface area contributed by atoms with E-state index in [9.17, 15) is 4.79 Å². The highest BCUT2D eigenvalue weighted by Crippen LogP contribution is 2.42. The molecule has 1 aliphatic heterocycles. The summed E-state index contributed by atoms with van der Waals surface area (Å²) in [5, 5.41) is 2.99. The first-order valence-electron chi connectivity index (χ1n) is 7.77. The van der Waals surface area contributed by atoms with Crippen LogP contribution in [0.1, 0.15) is 56.4 Å². The van der Waals surface area contributed by atoms with Crippen molar-refractivity contribution in [2.75, 3.05) is 12.4 Å². The molecule has 108 valence electrons. The van der Waals surface area contributed by atoms with Crippen LogP contribution in [0, 0.1) is 5.92 Å². The van der Waals surface area contributed by atoms with Gasteiger partial charge in [0.2, 0.25) is 5.91 Å². The van der Waals surface area contributed by atoms with Crippen molar-refractivity contribution in [3.8, 4) is 5.75 Å². The molecule has 20 heavy (non-hydrogen) atoms. The van der Waals surface area contributed by atoms with Crippen molar-refractivity contribution >= 4 is 11.6 Å². The molecule has 1 aliphatic carbocycles. The second-order valence-electron chi connectivity index (χ2n) is 6.05. The first kappa shape index (κ1) is 13.5. The molecule has 3 nitrogen and oxygen atoms in total. The van der Waals surface area contributed by atoms with Gasteiger partial charge in [-0.2, -0.15) is 0 Å². The summed E-state index contributed by atoms with van der Waals surface area (Å²) >= 11 is 0. The molecule has 1 N–H and O–H groups in total. The molecule has 0 radical (unpaired) electrons. The molecule has 1 aromatic carbocycles. The fraction of sp³-hybridized carbons (Fsp3) is 0.588. The Kier molecular flexibility index (Phi) is 3.95. The molecule has 1 saturated carbocycles. The third kappa shape index (κ3) is 2.54. The third-order valence-electron chi connectivity index (χ3n) is 4.81. The molecule has 1 atom stereocenters. The molecule has 0 bridgehead atoms. The number of carbonyl (C=O) groups is 1. The maximum atomic E-state index is 12.2. The van der Waals surface area contributed by atoms with Crippen molar-refractivity contribution in [2.24, 2.45) is 5.92 Å². The molecule has 0 aromatic heterocycles. The molecule has 0 spiro atoms. The number of hydrogen-bond acceptors (Lipinski definition) is 2. The first-order chi connectivity index (χ1) is 9.79. The van der Waals surface area contributed by atoms with Crippen LogP contribution >= 0.6 is 0 Å². The highest BCUT2D eigenvalue weighted by Gasteiger charge is 2.32. The van der Waals surface area contributed by atoms with Gasteiger partial charge in [-0.1, -0.05) is 44.2 Å². The quantitative estimate of drug-likeness (QED) is 0.897. The van der Waals surface area contributed by atoms with E-state index >= 15 is 0 Å². The number of methoxy groups -OCH3 is 1. The monoisotopic (exact) mass is 273 g/mol. The minimum Gasteiger partial charge on any atom is -0.495 e. The Morgan fingerprint density at radius 1 is 1.20 bits per heavy atom. The van der Waals surface area contributed by atoms with E-state index in [2.05, 4.69) is 11.4 Å². The van der Waals surface area contributed by atoms with E-state index in [1.807, 2.05) is 12.1 Å². The lowest BCUT2D eigenvalue weighted by Crippen LogP contribution is -2.14. The van der Waals surface area contributed by atoms with Crippen LogP contribution in [-0.4, -0.2) is 13.0 Å². The van der Waals surface area contributed by atoms with E-state index in [1.165, 1.54) is 38.5 Å². The second-order valence-corrected chi connectivity index (χ2v) is 6.05. The summed E-state index contributed by atoms with van der Waals surface area (Å²) in [6.45, 7) is 0. The Balaban J connectivity index is 1.70. The summed E-state index contributed by atoms with van der Waals surface area (Å²) in [5.74, 6) is 1.75. The summed E-state index contributed by atoms with van der Waals surface area (Å²) in [4.78, 5) is 12.2. The summed E-state index contributed by atoms with van der Waals surface area (Å²) in [6, 6.07) is 5.94. The van der Waals surface area contributed by atoms with Crippen molar-refractivity contribution in [1.82, 2.24) is 0 Å². The number of amides is 1. The lowest BCUT2D eigenvalue weighted by molar-refractivity contribution is -0.117.